The van der Waals surface area contributed by atoms with Crippen LogP contribution in [0.3, 0.4) is 0 Å². The molecule has 166 valence electrons. The van der Waals surface area contributed by atoms with Crippen molar-refractivity contribution in [3.05, 3.63) is 64.8 Å². The van der Waals surface area contributed by atoms with E-state index in [0.717, 1.165) is 22.3 Å². The third kappa shape index (κ3) is 6.40. The Bertz CT molecular complexity index is 915. The van der Waals surface area contributed by atoms with E-state index in [1.807, 2.05) is 79.7 Å². The first kappa shape index (κ1) is 24.6. The number of benzene rings is 1. The summed E-state index contributed by atoms with van der Waals surface area (Å²) in [6, 6.07) is 5.46. The Labute approximate surface area is 179 Å². The van der Waals surface area contributed by atoms with Crippen molar-refractivity contribution in [2.75, 3.05) is 0 Å². The van der Waals surface area contributed by atoms with Crippen LogP contribution in [0.5, 0.6) is 5.75 Å². The summed E-state index contributed by atoms with van der Waals surface area (Å²) in [6.07, 6.45) is 3.09. The van der Waals surface area contributed by atoms with Crippen molar-refractivity contribution in [3.8, 4) is 5.75 Å². The topological polar surface area (TPSA) is 74.2 Å². The Morgan fingerprint density at radius 3 is 2.20 bits per heavy atom. The molecule has 2 rings (SSSR count). The lowest BCUT2D eigenvalue weighted by molar-refractivity contribution is -0.263. The maximum Gasteiger partial charge on any atom is 0.535 e. The van der Waals surface area contributed by atoms with Crippen LogP contribution in [0, 0.1) is 12.3 Å². The van der Waals surface area contributed by atoms with Gasteiger partial charge in [0.05, 0.1) is 0 Å². The maximum atomic E-state index is 12.4. The van der Waals surface area contributed by atoms with Crippen LogP contribution in [0.25, 0.3) is 0 Å². The van der Waals surface area contributed by atoms with E-state index < -0.39 is 13.9 Å². The fourth-order valence-electron chi connectivity index (χ4n) is 3.15. The van der Waals surface area contributed by atoms with Crippen LogP contribution in [0.2, 0.25) is 0 Å². The van der Waals surface area contributed by atoms with Crippen LogP contribution in [0.1, 0.15) is 59.6 Å². The Morgan fingerprint density at radius 2 is 1.63 bits per heavy atom. The normalized spacial score (nSPS) is 19.8. The van der Waals surface area contributed by atoms with Gasteiger partial charge in [-0.3, -0.25) is 4.89 Å². The SMILES string of the molecule is C=C1C=C(C)C=C(C(C)(C)C)C1OOP(=O)(O)OOc1ccc(C)cc1C(C)(C)C. The summed E-state index contributed by atoms with van der Waals surface area (Å²) in [7, 11) is -4.66. The summed E-state index contributed by atoms with van der Waals surface area (Å²) < 4.78 is 21.9. The van der Waals surface area contributed by atoms with Crippen molar-refractivity contribution in [2.45, 2.75) is 66.9 Å². The molecular weight excluding hydrogens is 403 g/mol. The average molecular weight is 436 g/mol. The van der Waals surface area contributed by atoms with Crippen molar-refractivity contribution < 1.29 is 28.6 Å². The molecule has 0 aromatic heterocycles. The molecule has 1 N–H and O–H groups in total. The lowest BCUT2D eigenvalue weighted by atomic mass is 9.77. The summed E-state index contributed by atoms with van der Waals surface area (Å²) in [6.45, 7) is 20.0. The first-order valence-corrected chi connectivity index (χ1v) is 11.3. The minimum Gasteiger partial charge on any atom is -0.327 e. The number of allylic oxidation sites excluding steroid dienone is 2. The molecule has 0 saturated carbocycles. The smallest absolute Gasteiger partial charge is 0.327 e. The predicted molar refractivity (Wildman–Crippen MR) is 118 cm³/mol. The van der Waals surface area contributed by atoms with Crippen molar-refractivity contribution in [1.82, 2.24) is 0 Å². The lowest BCUT2D eigenvalue weighted by Gasteiger charge is -2.32. The Hall–Kier alpha value is -1.69. The average Bonchev–Trinajstić information content (AvgIpc) is 2.57. The quantitative estimate of drug-likeness (QED) is 0.311. The second kappa shape index (κ2) is 8.81. The van der Waals surface area contributed by atoms with Gasteiger partial charge in [-0.15, -0.1) is 4.67 Å². The Morgan fingerprint density at radius 1 is 1.00 bits per heavy atom. The molecule has 0 fully saturated rings. The van der Waals surface area contributed by atoms with E-state index in [1.54, 1.807) is 6.07 Å². The number of phosphoric acid groups is 1. The zero-order valence-electron chi connectivity index (χ0n) is 19.1. The van der Waals surface area contributed by atoms with Gasteiger partial charge >= 0.3 is 7.82 Å². The van der Waals surface area contributed by atoms with E-state index in [4.69, 9.17) is 19.1 Å². The number of hydrogen-bond donors (Lipinski definition) is 1. The van der Waals surface area contributed by atoms with Gasteiger partial charge in [-0.2, -0.15) is 0 Å². The third-order valence-electron chi connectivity index (χ3n) is 4.68. The molecule has 2 atom stereocenters. The Kier molecular flexibility index (Phi) is 7.22. The van der Waals surface area contributed by atoms with Crippen LogP contribution in [-0.4, -0.2) is 11.0 Å². The van der Waals surface area contributed by atoms with Gasteiger partial charge in [0.25, 0.3) is 0 Å². The highest BCUT2D eigenvalue weighted by Crippen LogP contribution is 2.47. The summed E-state index contributed by atoms with van der Waals surface area (Å²) in [5, 5.41) is 0. The van der Waals surface area contributed by atoms with Gasteiger partial charge in [0.2, 0.25) is 0 Å². The maximum absolute atomic E-state index is 12.4. The third-order valence-corrected chi connectivity index (χ3v) is 5.22. The molecule has 0 amide bonds. The zero-order chi connectivity index (χ0) is 22.9. The molecule has 0 spiro atoms. The van der Waals surface area contributed by atoms with Crippen LogP contribution in [-0.2, 0) is 24.2 Å². The first-order chi connectivity index (χ1) is 13.6. The molecule has 1 aliphatic rings. The molecule has 6 nitrogen and oxygen atoms in total. The van der Waals surface area contributed by atoms with Gasteiger partial charge in [-0.1, -0.05) is 88.2 Å². The minimum atomic E-state index is -4.66. The zero-order valence-corrected chi connectivity index (χ0v) is 20.0. The standard InChI is InChI=1S/C23H33O6P/c1-15-10-11-20(18(13-15)22(4,5)6)26-28-30(24,25)29-27-21-17(3)12-16(2)14-19(21)23(7,8)9/h10-14,21H,3H2,1-2,4-9H3,(H,24,25). The van der Waals surface area contributed by atoms with Gasteiger partial charge < -0.3 is 4.89 Å². The van der Waals surface area contributed by atoms with Crippen LogP contribution in [0.15, 0.2) is 53.6 Å². The van der Waals surface area contributed by atoms with Gasteiger partial charge in [0.1, 0.15) is 6.10 Å². The van der Waals surface area contributed by atoms with Gasteiger partial charge in [0, 0.05) is 5.56 Å². The molecular formula is C23H33O6P. The summed E-state index contributed by atoms with van der Waals surface area (Å²) in [5.41, 5.74) is 3.88. The van der Waals surface area contributed by atoms with Crippen molar-refractivity contribution in [1.29, 1.82) is 0 Å². The van der Waals surface area contributed by atoms with E-state index in [9.17, 15) is 9.46 Å². The predicted octanol–water partition coefficient (Wildman–Crippen LogP) is 6.51. The molecule has 1 aromatic carbocycles. The molecule has 0 heterocycles. The monoisotopic (exact) mass is 436 g/mol. The molecule has 0 bridgehead atoms. The summed E-state index contributed by atoms with van der Waals surface area (Å²) in [4.78, 5) is 20.6. The van der Waals surface area contributed by atoms with Gasteiger partial charge in [0.15, 0.2) is 5.75 Å². The van der Waals surface area contributed by atoms with Crippen LogP contribution in [0.4, 0.5) is 0 Å². The summed E-state index contributed by atoms with van der Waals surface area (Å²) >= 11 is 0. The fourth-order valence-corrected chi connectivity index (χ4v) is 3.55. The second-order valence-corrected chi connectivity index (χ2v) is 11.0. The Balaban J connectivity index is 2.11. The van der Waals surface area contributed by atoms with Gasteiger partial charge in [-0.25, -0.2) is 9.45 Å². The van der Waals surface area contributed by atoms with Crippen molar-refractivity contribution >= 4 is 7.82 Å². The van der Waals surface area contributed by atoms with E-state index in [-0.39, 0.29) is 10.8 Å². The molecule has 30 heavy (non-hydrogen) atoms. The molecule has 0 radical (unpaired) electrons. The van der Waals surface area contributed by atoms with Crippen LogP contribution >= 0.6 is 7.82 Å². The molecule has 0 aliphatic heterocycles. The van der Waals surface area contributed by atoms with E-state index in [1.165, 1.54) is 0 Å². The number of rotatable bonds is 6. The van der Waals surface area contributed by atoms with Gasteiger partial charge in [-0.05, 0) is 41.9 Å². The largest absolute Gasteiger partial charge is 0.535 e. The van der Waals surface area contributed by atoms with E-state index in [2.05, 4.69) is 6.58 Å². The number of aryl methyl sites for hydroxylation is 1. The molecule has 1 aromatic rings. The highest BCUT2D eigenvalue weighted by Gasteiger charge is 2.35. The molecule has 1 aliphatic carbocycles. The van der Waals surface area contributed by atoms with E-state index >= 15 is 0 Å². The fraction of sp³-hybridized carbons (Fsp3) is 0.478. The van der Waals surface area contributed by atoms with Crippen molar-refractivity contribution in [3.63, 3.8) is 0 Å². The molecule has 7 heteroatoms. The highest BCUT2D eigenvalue weighted by atomic mass is 31.2. The summed E-state index contributed by atoms with van der Waals surface area (Å²) in [5.74, 6) is 0.335. The first-order valence-electron chi connectivity index (χ1n) is 9.84. The van der Waals surface area contributed by atoms with Crippen molar-refractivity contribution in [2.24, 2.45) is 5.41 Å². The minimum absolute atomic E-state index is 0.252. The number of hydrogen-bond acceptors (Lipinski definition) is 5. The van der Waals surface area contributed by atoms with E-state index in [0.29, 0.717) is 11.3 Å². The second-order valence-electron chi connectivity index (χ2n) is 9.74. The highest BCUT2D eigenvalue weighted by molar-refractivity contribution is 7.47. The lowest BCUT2D eigenvalue weighted by Crippen LogP contribution is -2.28. The molecule has 2 unspecified atom stereocenters. The van der Waals surface area contributed by atoms with Crippen LogP contribution < -0.4 is 4.89 Å². The molecule has 0 saturated heterocycles.